The van der Waals surface area contributed by atoms with Gasteiger partial charge in [0.1, 0.15) is 5.75 Å². The molecule has 0 aromatic heterocycles. The summed E-state index contributed by atoms with van der Waals surface area (Å²) in [7, 11) is 4.17. The smallest absolute Gasteiger partial charge is 0.191 e. The first-order valence-corrected chi connectivity index (χ1v) is 11.3. The molecule has 27 heavy (non-hydrogen) atoms. The molecule has 5 nitrogen and oxygen atoms in total. The second kappa shape index (κ2) is 12.1. The summed E-state index contributed by atoms with van der Waals surface area (Å²) in [4.78, 5) is 6.94. The van der Waals surface area contributed by atoms with E-state index in [1.54, 1.807) is 0 Å². The van der Waals surface area contributed by atoms with E-state index in [1.165, 1.54) is 24.8 Å². The van der Waals surface area contributed by atoms with Crippen molar-refractivity contribution in [1.29, 1.82) is 0 Å². The monoisotopic (exact) mass is 392 g/mol. The number of ether oxygens (including phenoxy) is 1. The van der Waals surface area contributed by atoms with Gasteiger partial charge in [-0.1, -0.05) is 12.1 Å². The van der Waals surface area contributed by atoms with E-state index in [-0.39, 0.29) is 0 Å². The van der Waals surface area contributed by atoms with Crippen molar-refractivity contribution in [2.75, 3.05) is 40.0 Å². The van der Waals surface area contributed by atoms with E-state index in [1.807, 2.05) is 23.9 Å². The highest BCUT2D eigenvalue weighted by atomic mass is 32.2. The van der Waals surface area contributed by atoms with Gasteiger partial charge in [-0.25, -0.2) is 4.99 Å². The molecule has 1 saturated carbocycles. The molecule has 1 aliphatic rings. The highest BCUT2D eigenvalue weighted by molar-refractivity contribution is 7.99. The number of guanidine groups is 1. The Hall–Kier alpha value is -1.40. The summed E-state index contributed by atoms with van der Waals surface area (Å²) >= 11 is 1.98. The molecule has 0 heterocycles. The zero-order valence-electron chi connectivity index (χ0n) is 17.3. The highest BCUT2D eigenvalue weighted by Crippen LogP contribution is 2.28. The lowest BCUT2D eigenvalue weighted by atomic mass is 10.2. The first-order chi connectivity index (χ1) is 13.1. The van der Waals surface area contributed by atoms with E-state index >= 15 is 0 Å². The maximum Gasteiger partial charge on any atom is 0.191 e. The van der Waals surface area contributed by atoms with Gasteiger partial charge in [-0.3, -0.25) is 0 Å². The summed E-state index contributed by atoms with van der Waals surface area (Å²) in [5.41, 5.74) is 1.20. The van der Waals surface area contributed by atoms with Crippen LogP contribution in [0.5, 0.6) is 5.75 Å². The fourth-order valence-corrected chi connectivity index (χ4v) is 4.03. The van der Waals surface area contributed by atoms with Gasteiger partial charge in [-0.05, 0) is 70.7 Å². The van der Waals surface area contributed by atoms with Crippen molar-refractivity contribution in [2.24, 2.45) is 4.99 Å². The second-order valence-electron chi connectivity index (χ2n) is 7.36. The fraction of sp³-hybridized carbons (Fsp3) is 0.667. The third-order valence-electron chi connectivity index (χ3n) is 4.76. The Bertz CT molecular complexity index is 562. The Morgan fingerprint density at radius 3 is 2.67 bits per heavy atom. The van der Waals surface area contributed by atoms with Gasteiger partial charge in [0.15, 0.2) is 5.96 Å². The average molecular weight is 393 g/mol. The van der Waals surface area contributed by atoms with Crippen molar-refractivity contribution in [3.63, 3.8) is 0 Å². The predicted molar refractivity (Wildman–Crippen MR) is 118 cm³/mol. The third-order valence-corrected chi connectivity index (χ3v) is 5.86. The molecule has 1 fully saturated rings. The summed E-state index contributed by atoms with van der Waals surface area (Å²) in [6, 6.07) is 8.83. The lowest BCUT2D eigenvalue weighted by molar-refractivity contribution is 0.281. The molecule has 2 unspecified atom stereocenters. The number of hydrogen-bond donors (Lipinski definition) is 2. The SMILES string of the molecule is CCNC(=NCc1ccc(OCCCN(C)C)cc1)NC1CCC(SC)C1. The van der Waals surface area contributed by atoms with Crippen LogP contribution in [-0.2, 0) is 6.54 Å². The van der Waals surface area contributed by atoms with Gasteiger partial charge in [0.2, 0.25) is 0 Å². The minimum Gasteiger partial charge on any atom is -0.494 e. The van der Waals surface area contributed by atoms with Crippen LogP contribution < -0.4 is 15.4 Å². The lowest BCUT2D eigenvalue weighted by Gasteiger charge is -2.17. The van der Waals surface area contributed by atoms with E-state index in [2.05, 4.69) is 54.9 Å². The molecule has 152 valence electrons. The van der Waals surface area contributed by atoms with Crippen molar-refractivity contribution in [2.45, 2.75) is 50.4 Å². The van der Waals surface area contributed by atoms with Gasteiger partial charge in [0.25, 0.3) is 0 Å². The van der Waals surface area contributed by atoms with E-state index in [0.717, 1.165) is 43.1 Å². The van der Waals surface area contributed by atoms with E-state index in [9.17, 15) is 0 Å². The van der Waals surface area contributed by atoms with Gasteiger partial charge in [-0.2, -0.15) is 11.8 Å². The summed E-state index contributed by atoms with van der Waals surface area (Å²) < 4.78 is 5.80. The maximum atomic E-state index is 5.80. The summed E-state index contributed by atoms with van der Waals surface area (Å²) in [5, 5.41) is 7.76. The number of benzene rings is 1. The maximum absolute atomic E-state index is 5.80. The summed E-state index contributed by atoms with van der Waals surface area (Å²) in [6.45, 7) is 5.46. The van der Waals surface area contributed by atoms with E-state index < -0.39 is 0 Å². The predicted octanol–water partition coefficient (Wildman–Crippen LogP) is 3.36. The number of nitrogens with zero attached hydrogens (tertiary/aromatic N) is 2. The van der Waals surface area contributed by atoms with Crippen molar-refractivity contribution < 1.29 is 4.74 Å². The number of hydrogen-bond acceptors (Lipinski definition) is 4. The van der Waals surface area contributed by atoms with Crippen molar-refractivity contribution in [3.05, 3.63) is 29.8 Å². The Balaban J connectivity index is 1.80. The molecule has 2 rings (SSSR count). The van der Waals surface area contributed by atoms with Crippen molar-refractivity contribution in [1.82, 2.24) is 15.5 Å². The zero-order chi connectivity index (χ0) is 19.5. The minimum absolute atomic E-state index is 0.540. The molecule has 0 spiro atoms. The molecule has 1 aromatic rings. The standard InChI is InChI=1S/C21H36N4OS/c1-5-22-21(24-18-9-12-20(15-18)27-4)23-16-17-7-10-19(11-8-17)26-14-6-13-25(2)3/h7-8,10-11,18,20H,5-6,9,12-16H2,1-4H3,(H2,22,23,24). The van der Waals surface area contributed by atoms with Crippen LogP contribution in [0.3, 0.4) is 0 Å². The van der Waals surface area contributed by atoms with Crippen molar-refractivity contribution in [3.8, 4) is 5.75 Å². The number of rotatable bonds is 10. The first-order valence-electron chi connectivity index (χ1n) is 10.0. The van der Waals surface area contributed by atoms with Crippen LogP contribution in [0.25, 0.3) is 0 Å². The summed E-state index contributed by atoms with van der Waals surface area (Å²) in [5.74, 6) is 1.86. The molecule has 1 aliphatic carbocycles. The van der Waals surface area contributed by atoms with Crippen LogP contribution in [0, 0.1) is 0 Å². The molecule has 1 aromatic carbocycles. The van der Waals surface area contributed by atoms with Gasteiger partial charge in [-0.15, -0.1) is 0 Å². The first kappa shape index (κ1) is 21.9. The molecule has 0 saturated heterocycles. The van der Waals surface area contributed by atoms with Crippen LogP contribution >= 0.6 is 11.8 Å². The molecule has 6 heteroatoms. The normalized spacial score (nSPS) is 20.1. The Labute approximate surface area is 169 Å². The number of nitrogens with one attached hydrogen (secondary N) is 2. The quantitative estimate of drug-likeness (QED) is 0.363. The molecular formula is C21H36N4OS. The van der Waals surface area contributed by atoms with Gasteiger partial charge in [0, 0.05) is 24.4 Å². The molecule has 0 aliphatic heterocycles. The van der Waals surface area contributed by atoms with Crippen molar-refractivity contribution >= 4 is 17.7 Å². The fourth-order valence-electron chi connectivity index (χ4n) is 3.23. The van der Waals surface area contributed by atoms with Gasteiger partial charge < -0.3 is 20.3 Å². The molecule has 2 atom stereocenters. The summed E-state index contributed by atoms with van der Waals surface area (Å²) in [6.07, 6.45) is 7.01. The van der Waals surface area contributed by atoms with E-state index in [0.29, 0.717) is 12.6 Å². The largest absolute Gasteiger partial charge is 0.494 e. The molecule has 2 N–H and O–H groups in total. The minimum atomic E-state index is 0.540. The van der Waals surface area contributed by atoms with Gasteiger partial charge >= 0.3 is 0 Å². The zero-order valence-corrected chi connectivity index (χ0v) is 18.1. The van der Waals surface area contributed by atoms with Crippen LogP contribution in [0.1, 0.15) is 38.2 Å². The third kappa shape index (κ3) is 8.43. The molecule has 0 amide bonds. The van der Waals surface area contributed by atoms with Crippen LogP contribution in [0.15, 0.2) is 29.3 Å². The average Bonchev–Trinajstić information content (AvgIpc) is 3.12. The Morgan fingerprint density at radius 2 is 2.04 bits per heavy atom. The van der Waals surface area contributed by atoms with Crippen LogP contribution in [0.4, 0.5) is 0 Å². The molecular weight excluding hydrogens is 356 g/mol. The second-order valence-corrected chi connectivity index (χ2v) is 8.49. The van der Waals surface area contributed by atoms with E-state index in [4.69, 9.17) is 9.73 Å². The number of aliphatic imine (C=N–C) groups is 1. The Morgan fingerprint density at radius 1 is 1.26 bits per heavy atom. The molecule has 0 radical (unpaired) electrons. The topological polar surface area (TPSA) is 48.9 Å². The van der Waals surface area contributed by atoms with Gasteiger partial charge in [0.05, 0.1) is 13.2 Å². The lowest BCUT2D eigenvalue weighted by Crippen LogP contribution is -2.42. The molecule has 0 bridgehead atoms. The Kier molecular flexibility index (Phi) is 9.84. The van der Waals surface area contributed by atoms with Crippen LogP contribution in [-0.4, -0.2) is 62.2 Å². The number of thioether (sulfide) groups is 1. The highest BCUT2D eigenvalue weighted by Gasteiger charge is 2.24. The van der Waals surface area contributed by atoms with Crippen LogP contribution in [0.2, 0.25) is 0 Å².